The van der Waals surface area contributed by atoms with Crippen LogP contribution in [0.1, 0.15) is 50.1 Å². The summed E-state index contributed by atoms with van der Waals surface area (Å²) in [6.07, 6.45) is 7.96. The Morgan fingerprint density at radius 3 is 2.85 bits per heavy atom. The molecule has 1 aliphatic rings. The molecule has 0 aromatic carbocycles. The summed E-state index contributed by atoms with van der Waals surface area (Å²) in [5, 5.41) is 0.866. The fourth-order valence-electron chi connectivity index (χ4n) is 2.42. The number of aromatic nitrogens is 1. The van der Waals surface area contributed by atoms with Crippen molar-refractivity contribution in [2.24, 2.45) is 5.92 Å². The normalized spacial score (nSPS) is 14.2. The minimum atomic E-state index is 0.171. The molecular weight excluding hydrogens is 268 g/mol. The zero-order chi connectivity index (χ0) is 14.5. The Kier molecular flexibility index (Phi) is 5.35. The molecule has 20 heavy (non-hydrogen) atoms. The van der Waals surface area contributed by atoms with Crippen LogP contribution in [0.2, 0.25) is 0 Å². The van der Waals surface area contributed by atoms with E-state index in [1.807, 2.05) is 0 Å². The van der Waals surface area contributed by atoms with Gasteiger partial charge in [0.15, 0.2) is 5.13 Å². The Morgan fingerprint density at radius 2 is 2.20 bits per heavy atom. The Balaban J connectivity index is 2.13. The van der Waals surface area contributed by atoms with Gasteiger partial charge in [-0.15, -0.1) is 17.9 Å². The number of fused-ring (bicyclic) bond motifs is 1. The molecule has 0 radical (unpaired) electrons. The average molecular weight is 292 g/mol. The van der Waals surface area contributed by atoms with Crippen molar-refractivity contribution in [3.63, 3.8) is 0 Å². The van der Waals surface area contributed by atoms with Gasteiger partial charge in [-0.3, -0.25) is 9.69 Å². The van der Waals surface area contributed by atoms with Crippen molar-refractivity contribution >= 4 is 22.4 Å². The van der Waals surface area contributed by atoms with E-state index in [2.05, 4.69) is 20.4 Å². The molecule has 0 atom stereocenters. The highest BCUT2D eigenvalue weighted by Gasteiger charge is 2.22. The monoisotopic (exact) mass is 292 g/mol. The van der Waals surface area contributed by atoms with Crippen molar-refractivity contribution in [3.05, 3.63) is 23.2 Å². The maximum atomic E-state index is 12.4. The van der Waals surface area contributed by atoms with Crippen LogP contribution in [0.25, 0.3) is 0 Å². The first kappa shape index (κ1) is 15.2. The number of carbonyl (C=O) groups is 1. The molecule has 1 aliphatic carbocycles. The molecular formula is C16H24N2OS. The summed E-state index contributed by atoms with van der Waals surface area (Å²) >= 11 is 1.69. The summed E-state index contributed by atoms with van der Waals surface area (Å²) in [6.45, 7) is 8.62. The third-order valence-electron chi connectivity index (χ3n) is 3.61. The highest BCUT2D eigenvalue weighted by Crippen LogP contribution is 2.32. The van der Waals surface area contributed by atoms with E-state index in [4.69, 9.17) is 4.98 Å². The molecule has 0 spiro atoms. The predicted molar refractivity (Wildman–Crippen MR) is 85.4 cm³/mol. The van der Waals surface area contributed by atoms with E-state index in [9.17, 15) is 4.79 Å². The molecule has 1 amide bonds. The average Bonchev–Trinajstić information content (AvgIpc) is 2.85. The smallest absolute Gasteiger partial charge is 0.229 e. The van der Waals surface area contributed by atoms with E-state index in [1.165, 1.54) is 23.4 Å². The molecule has 0 saturated carbocycles. The Hall–Kier alpha value is -1.16. The summed E-state index contributed by atoms with van der Waals surface area (Å²) in [7, 11) is 0. The third-order valence-corrected chi connectivity index (χ3v) is 4.79. The molecule has 0 saturated heterocycles. The number of hydrogen-bond acceptors (Lipinski definition) is 3. The van der Waals surface area contributed by atoms with Gasteiger partial charge in [-0.1, -0.05) is 19.9 Å². The first-order valence-electron chi connectivity index (χ1n) is 7.51. The van der Waals surface area contributed by atoms with Gasteiger partial charge in [0, 0.05) is 17.8 Å². The van der Waals surface area contributed by atoms with E-state index < -0.39 is 0 Å². The standard InChI is InChI=1S/C16H24N2OS/c1-4-11-18(15(19)10-9-12(2)3)16-17-13-7-5-6-8-14(13)20-16/h4,12H,1,5-11H2,2-3H3. The maximum absolute atomic E-state index is 12.4. The van der Waals surface area contributed by atoms with Crippen LogP contribution in [-0.2, 0) is 17.6 Å². The molecule has 1 aromatic heterocycles. The van der Waals surface area contributed by atoms with E-state index in [0.717, 1.165) is 24.4 Å². The van der Waals surface area contributed by atoms with Crippen LogP contribution in [0.5, 0.6) is 0 Å². The minimum Gasteiger partial charge on any atom is -0.284 e. The maximum Gasteiger partial charge on any atom is 0.229 e. The van der Waals surface area contributed by atoms with Gasteiger partial charge in [-0.2, -0.15) is 0 Å². The van der Waals surface area contributed by atoms with Gasteiger partial charge in [0.05, 0.1) is 5.69 Å². The van der Waals surface area contributed by atoms with Crippen molar-refractivity contribution in [1.82, 2.24) is 4.98 Å². The molecule has 0 aliphatic heterocycles. The highest BCUT2D eigenvalue weighted by atomic mass is 32.1. The second kappa shape index (κ2) is 7.02. The highest BCUT2D eigenvalue weighted by molar-refractivity contribution is 7.16. The minimum absolute atomic E-state index is 0.171. The number of hydrogen-bond donors (Lipinski definition) is 0. The van der Waals surface area contributed by atoms with Crippen molar-refractivity contribution in [2.45, 2.75) is 52.4 Å². The van der Waals surface area contributed by atoms with Gasteiger partial charge >= 0.3 is 0 Å². The third kappa shape index (κ3) is 3.69. The predicted octanol–water partition coefficient (Wildman–Crippen LogP) is 3.98. The zero-order valence-corrected chi connectivity index (χ0v) is 13.3. The molecule has 4 heteroatoms. The molecule has 2 rings (SSSR count). The van der Waals surface area contributed by atoms with E-state index in [1.54, 1.807) is 22.3 Å². The van der Waals surface area contributed by atoms with Gasteiger partial charge in [-0.25, -0.2) is 4.98 Å². The molecule has 110 valence electrons. The van der Waals surface area contributed by atoms with Crippen LogP contribution in [0, 0.1) is 5.92 Å². The molecule has 0 N–H and O–H groups in total. The van der Waals surface area contributed by atoms with E-state index in [0.29, 0.717) is 18.9 Å². The fourth-order valence-corrected chi connectivity index (χ4v) is 3.59. The topological polar surface area (TPSA) is 33.2 Å². The SMILES string of the molecule is C=CCN(C(=O)CCC(C)C)c1nc2c(s1)CCCC2. The Labute approximate surface area is 125 Å². The van der Waals surface area contributed by atoms with Crippen molar-refractivity contribution in [2.75, 3.05) is 11.4 Å². The number of anilines is 1. The van der Waals surface area contributed by atoms with Crippen molar-refractivity contribution in [1.29, 1.82) is 0 Å². The number of thiazole rings is 1. The van der Waals surface area contributed by atoms with Gasteiger partial charge in [-0.05, 0) is 38.0 Å². The van der Waals surface area contributed by atoms with Crippen LogP contribution in [0.15, 0.2) is 12.7 Å². The van der Waals surface area contributed by atoms with Crippen LogP contribution < -0.4 is 4.90 Å². The van der Waals surface area contributed by atoms with Crippen LogP contribution in [0.3, 0.4) is 0 Å². The Bertz CT molecular complexity index is 455. The molecule has 1 aromatic rings. The second-order valence-electron chi connectivity index (χ2n) is 5.80. The lowest BCUT2D eigenvalue weighted by Gasteiger charge is -2.18. The molecule has 0 fully saturated rings. The number of nitrogens with zero attached hydrogens (tertiary/aromatic N) is 2. The molecule has 3 nitrogen and oxygen atoms in total. The number of carbonyl (C=O) groups excluding carboxylic acids is 1. The van der Waals surface area contributed by atoms with Gasteiger partial charge < -0.3 is 0 Å². The summed E-state index contributed by atoms with van der Waals surface area (Å²) in [5.74, 6) is 0.721. The number of rotatable bonds is 6. The molecule has 0 bridgehead atoms. The second-order valence-corrected chi connectivity index (χ2v) is 6.86. The lowest BCUT2D eigenvalue weighted by atomic mass is 10.0. The summed E-state index contributed by atoms with van der Waals surface area (Å²) in [6, 6.07) is 0. The first-order chi connectivity index (χ1) is 9.61. The lowest BCUT2D eigenvalue weighted by molar-refractivity contribution is -0.118. The van der Waals surface area contributed by atoms with Gasteiger partial charge in [0.25, 0.3) is 0 Å². The van der Waals surface area contributed by atoms with Crippen LogP contribution in [0.4, 0.5) is 5.13 Å². The van der Waals surface area contributed by atoms with Crippen LogP contribution >= 0.6 is 11.3 Å². The van der Waals surface area contributed by atoms with E-state index in [-0.39, 0.29) is 5.91 Å². The summed E-state index contributed by atoms with van der Waals surface area (Å²) in [5.41, 5.74) is 1.21. The summed E-state index contributed by atoms with van der Waals surface area (Å²) in [4.78, 5) is 20.3. The quantitative estimate of drug-likeness (QED) is 0.743. The van der Waals surface area contributed by atoms with Crippen LogP contribution in [-0.4, -0.2) is 17.4 Å². The van der Waals surface area contributed by atoms with E-state index >= 15 is 0 Å². The zero-order valence-electron chi connectivity index (χ0n) is 12.5. The first-order valence-corrected chi connectivity index (χ1v) is 8.33. The fraction of sp³-hybridized carbons (Fsp3) is 0.625. The van der Waals surface area contributed by atoms with Crippen molar-refractivity contribution in [3.8, 4) is 0 Å². The largest absolute Gasteiger partial charge is 0.284 e. The number of amides is 1. The molecule has 1 heterocycles. The lowest BCUT2D eigenvalue weighted by Crippen LogP contribution is -2.31. The summed E-state index contributed by atoms with van der Waals surface area (Å²) < 4.78 is 0. The van der Waals surface area contributed by atoms with Gasteiger partial charge in [0.2, 0.25) is 5.91 Å². The Morgan fingerprint density at radius 1 is 1.45 bits per heavy atom. The van der Waals surface area contributed by atoms with Crippen molar-refractivity contribution < 1.29 is 4.79 Å². The van der Waals surface area contributed by atoms with Gasteiger partial charge in [0.1, 0.15) is 0 Å². The number of aryl methyl sites for hydroxylation is 2. The molecule has 0 unspecified atom stereocenters.